The Balaban J connectivity index is 1.71. The van der Waals surface area contributed by atoms with Crippen molar-refractivity contribution in [2.75, 3.05) is 39.0 Å². The molecule has 1 aromatic carbocycles. The molecule has 1 N–H and O–H groups in total. The lowest BCUT2D eigenvalue weighted by molar-refractivity contribution is -0.120. The summed E-state index contributed by atoms with van der Waals surface area (Å²) in [5.74, 6) is -1.49. The summed E-state index contributed by atoms with van der Waals surface area (Å²) in [6.07, 6.45) is 1.78. The molecule has 3 rings (SSSR count). The average Bonchev–Trinajstić information content (AvgIpc) is 3.11. The second-order valence-corrected chi connectivity index (χ2v) is 7.27. The normalized spacial score (nSPS) is 18.6. The van der Waals surface area contributed by atoms with Crippen molar-refractivity contribution in [3.05, 3.63) is 23.8 Å². The van der Waals surface area contributed by atoms with E-state index in [1.807, 2.05) is 14.1 Å². The van der Waals surface area contributed by atoms with Crippen molar-refractivity contribution >= 4 is 32.6 Å². The number of likely N-dealkylation sites (N-methyl/N-ethyl adjacent to an activating group) is 1. The number of hydrogen-bond donors (Lipinski definition) is 1. The first-order valence-electron chi connectivity index (χ1n) is 7.89. The van der Waals surface area contributed by atoms with Crippen LogP contribution in [0.2, 0.25) is 0 Å². The van der Waals surface area contributed by atoms with E-state index >= 15 is 0 Å². The van der Waals surface area contributed by atoms with Gasteiger partial charge in [-0.15, -0.1) is 0 Å². The third-order valence-electron chi connectivity index (χ3n) is 4.14. The fourth-order valence-corrected chi connectivity index (χ4v) is 3.83. The van der Waals surface area contributed by atoms with Gasteiger partial charge in [0.2, 0.25) is 5.91 Å². The van der Waals surface area contributed by atoms with Crippen molar-refractivity contribution in [2.24, 2.45) is 0 Å². The summed E-state index contributed by atoms with van der Waals surface area (Å²) in [7, 11) is 4.00. The van der Waals surface area contributed by atoms with Crippen LogP contribution < -0.4 is 5.32 Å². The smallest absolute Gasteiger partial charge is 0.243 e. The Labute approximate surface area is 143 Å². The zero-order valence-electron chi connectivity index (χ0n) is 13.7. The van der Waals surface area contributed by atoms with E-state index in [9.17, 15) is 13.6 Å². The molecule has 0 radical (unpaired) electrons. The number of thiazole rings is 1. The number of amides is 1. The molecule has 1 aliphatic rings. The lowest BCUT2D eigenvalue weighted by Gasteiger charge is -2.24. The Morgan fingerprint density at radius 3 is 3.00 bits per heavy atom. The number of fused-ring (bicyclic) bond motifs is 1. The lowest BCUT2D eigenvalue weighted by Crippen LogP contribution is -2.42. The molecule has 8 heteroatoms. The highest BCUT2D eigenvalue weighted by Gasteiger charge is 2.30. The van der Waals surface area contributed by atoms with Crippen molar-refractivity contribution in [3.8, 4) is 0 Å². The molecule has 2 heterocycles. The fourth-order valence-electron chi connectivity index (χ4n) is 2.92. The van der Waals surface area contributed by atoms with E-state index in [1.54, 1.807) is 0 Å². The van der Waals surface area contributed by atoms with Crippen LogP contribution in [0.15, 0.2) is 12.1 Å². The Hall–Kier alpha value is -1.64. The third-order valence-corrected chi connectivity index (χ3v) is 5.06. The summed E-state index contributed by atoms with van der Waals surface area (Å²) in [5, 5.41) is 3.07. The first-order chi connectivity index (χ1) is 11.4. The monoisotopic (exact) mass is 354 g/mol. The van der Waals surface area contributed by atoms with Crippen molar-refractivity contribution in [2.45, 2.75) is 18.9 Å². The number of hydrogen-bond acceptors (Lipinski definition) is 5. The van der Waals surface area contributed by atoms with E-state index in [2.05, 4.69) is 20.1 Å². The quantitative estimate of drug-likeness (QED) is 0.896. The molecule has 2 aromatic rings. The van der Waals surface area contributed by atoms with Gasteiger partial charge >= 0.3 is 0 Å². The van der Waals surface area contributed by atoms with Crippen molar-refractivity contribution in [1.29, 1.82) is 0 Å². The number of nitrogens with one attached hydrogen (secondary N) is 1. The van der Waals surface area contributed by atoms with E-state index < -0.39 is 11.6 Å². The molecule has 130 valence electrons. The van der Waals surface area contributed by atoms with Crippen LogP contribution in [0, 0.1) is 11.6 Å². The molecule has 1 fully saturated rings. The summed E-state index contributed by atoms with van der Waals surface area (Å²) in [5.41, 5.74) is 0.0904. The Morgan fingerprint density at radius 2 is 2.25 bits per heavy atom. The summed E-state index contributed by atoms with van der Waals surface area (Å²) in [6, 6.07) is 1.83. The lowest BCUT2D eigenvalue weighted by atomic mass is 10.2. The zero-order valence-corrected chi connectivity index (χ0v) is 14.5. The summed E-state index contributed by atoms with van der Waals surface area (Å²) in [6.45, 7) is 2.60. The van der Waals surface area contributed by atoms with Gasteiger partial charge in [0, 0.05) is 19.2 Å². The summed E-state index contributed by atoms with van der Waals surface area (Å²) in [4.78, 5) is 20.9. The summed E-state index contributed by atoms with van der Waals surface area (Å²) < 4.78 is 27.4. The number of benzene rings is 1. The molecular formula is C16H20F2N4OS. The molecule has 1 aliphatic heterocycles. The van der Waals surface area contributed by atoms with Crippen LogP contribution in [0.3, 0.4) is 0 Å². The van der Waals surface area contributed by atoms with Gasteiger partial charge in [-0.3, -0.25) is 9.69 Å². The Bertz CT molecular complexity index is 749. The standard InChI is InChI=1S/C16H20F2N4OS/c1-21(2)6-7-22-5-3-4-12(22)15(23)20-16-19-14-11(18)8-10(17)9-13(14)24-16/h8-9,12H,3-7H2,1-2H3,(H,19,20,23). The fraction of sp³-hybridized carbons (Fsp3) is 0.500. The number of aromatic nitrogens is 1. The molecule has 1 saturated heterocycles. The molecule has 0 spiro atoms. The number of nitrogens with zero attached hydrogens (tertiary/aromatic N) is 3. The minimum atomic E-state index is -0.713. The van der Waals surface area contributed by atoms with Crippen LogP contribution in [-0.4, -0.2) is 60.5 Å². The first-order valence-corrected chi connectivity index (χ1v) is 8.71. The van der Waals surface area contributed by atoms with Gasteiger partial charge < -0.3 is 10.2 Å². The Kier molecular flexibility index (Phi) is 5.07. The highest BCUT2D eigenvalue weighted by molar-refractivity contribution is 7.22. The number of halogens is 2. The van der Waals surface area contributed by atoms with Crippen molar-refractivity contribution < 1.29 is 13.6 Å². The molecule has 1 amide bonds. The minimum Gasteiger partial charge on any atom is -0.308 e. The summed E-state index contributed by atoms with van der Waals surface area (Å²) >= 11 is 1.08. The maximum absolute atomic E-state index is 13.7. The van der Waals surface area contributed by atoms with Crippen LogP contribution in [0.4, 0.5) is 13.9 Å². The number of carbonyl (C=O) groups is 1. The predicted molar refractivity (Wildman–Crippen MR) is 91.3 cm³/mol. The molecule has 5 nitrogen and oxygen atoms in total. The molecular weight excluding hydrogens is 334 g/mol. The van der Waals surface area contributed by atoms with E-state index in [0.29, 0.717) is 9.83 Å². The van der Waals surface area contributed by atoms with Gasteiger partial charge in [0.15, 0.2) is 10.9 Å². The van der Waals surface area contributed by atoms with Crippen LogP contribution in [0.1, 0.15) is 12.8 Å². The van der Waals surface area contributed by atoms with E-state index in [-0.39, 0.29) is 17.5 Å². The number of likely N-dealkylation sites (tertiary alicyclic amines) is 1. The topological polar surface area (TPSA) is 48.5 Å². The molecule has 0 aliphatic carbocycles. The second-order valence-electron chi connectivity index (χ2n) is 6.24. The largest absolute Gasteiger partial charge is 0.308 e. The number of rotatable bonds is 5. The maximum Gasteiger partial charge on any atom is 0.243 e. The van der Waals surface area contributed by atoms with Gasteiger partial charge in [-0.1, -0.05) is 11.3 Å². The van der Waals surface area contributed by atoms with Crippen LogP contribution in [0.25, 0.3) is 10.2 Å². The van der Waals surface area contributed by atoms with Crippen molar-refractivity contribution in [1.82, 2.24) is 14.8 Å². The van der Waals surface area contributed by atoms with Crippen LogP contribution in [0.5, 0.6) is 0 Å². The molecule has 0 bridgehead atoms. The first kappa shape index (κ1) is 17.2. The van der Waals surface area contributed by atoms with Gasteiger partial charge in [0.1, 0.15) is 11.3 Å². The predicted octanol–water partition coefficient (Wildman–Crippen LogP) is 2.54. The second kappa shape index (κ2) is 7.08. The van der Waals surface area contributed by atoms with Gasteiger partial charge in [0.05, 0.1) is 10.7 Å². The SMILES string of the molecule is CN(C)CCN1CCCC1C(=O)Nc1nc2c(F)cc(F)cc2s1. The van der Waals surface area contributed by atoms with Gasteiger partial charge in [-0.25, -0.2) is 13.8 Å². The van der Waals surface area contributed by atoms with Gasteiger partial charge in [-0.2, -0.15) is 0 Å². The van der Waals surface area contributed by atoms with E-state index in [4.69, 9.17) is 0 Å². The molecule has 1 atom stereocenters. The zero-order chi connectivity index (χ0) is 17.3. The minimum absolute atomic E-state index is 0.0904. The highest BCUT2D eigenvalue weighted by atomic mass is 32.1. The molecule has 0 saturated carbocycles. The molecule has 24 heavy (non-hydrogen) atoms. The number of carbonyl (C=O) groups excluding carboxylic acids is 1. The maximum atomic E-state index is 13.7. The van der Waals surface area contributed by atoms with E-state index in [0.717, 1.165) is 49.9 Å². The third kappa shape index (κ3) is 3.71. The Morgan fingerprint density at radius 1 is 1.46 bits per heavy atom. The van der Waals surface area contributed by atoms with Gasteiger partial charge in [-0.05, 0) is 39.5 Å². The molecule has 1 unspecified atom stereocenters. The number of anilines is 1. The van der Waals surface area contributed by atoms with Crippen LogP contribution >= 0.6 is 11.3 Å². The molecule has 1 aromatic heterocycles. The highest BCUT2D eigenvalue weighted by Crippen LogP contribution is 2.29. The van der Waals surface area contributed by atoms with E-state index in [1.165, 1.54) is 6.07 Å². The van der Waals surface area contributed by atoms with Crippen LogP contribution in [-0.2, 0) is 4.79 Å². The van der Waals surface area contributed by atoms with Crippen molar-refractivity contribution in [3.63, 3.8) is 0 Å². The average molecular weight is 354 g/mol. The van der Waals surface area contributed by atoms with Gasteiger partial charge in [0.25, 0.3) is 0 Å².